The van der Waals surface area contributed by atoms with E-state index in [1.807, 2.05) is 0 Å². The van der Waals surface area contributed by atoms with Crippen LogP contribution in [0.2, 0.25) is 0 Å². The molecular weight excluding hydrogens is 328 g/mol. The van der Waals surface area contributed by atoms with E-state index in [9.17, 15) is 0 Å². The maximum Gasteiger partial charge on any atom is 0.0608 e. The first-order chi connectivity index (χ1) is 10.1. The van der Waals surface area contributed by atoms with Crippen molar-refractivity contribution in [3.05, 3.63) is 28.2 Å². The highest BCUT2D eigenvalue weighted by atomic mass is 79.9. The molecule has 1 aliphatic heterocycles. The smallest absolute Gasteiger partial charge is 0.0608 e. The predicted molar refractivity (Wildman–Crippen MR) is 93.0 cm³/mol. The zero-order chi connectivity index (χ0) is 15.2. The Kier molecular flexibility index (Phi) is 6.52. The lowest BCUT2D eigenvalue weighted by atomic mass is 10.0. The average Bonchev–Trinajstić information content (AvgIpc) is 2.50. The number of ether oxygens (including phenoxy) is 1. The fraction of sp³-hybridized carbons (Fsp3) is 0.647. The van der Waals surface area contributed by atoms with Gasteiger partial charge >= 0.3 is 0 Å². The van der Waals surface area contributed by atoms with Gasteiger partial charge in [0, 0.05) is 35.9 Å². The van der Waals surface area contributed by atoms with E-state index in [-0.39, 0.29) is 6.04 Å². The Balaban J connectivity index is 1.97. The molecule has 3 nitrogen and oxygen atoms in total. The van der Waals surface area contributed by atoms with Crippen molar-refractivity contribution in [2.45, 2.75) is 51.7 Å². The molecule has 1 atom stereocenters. The number of nitrogens with zero attached hydrogens (tertiary/aromatic N) is 1. The van der Waals surface area contributed by atoms with Crippen LogP contribution in [0.3, 0.4) is 0 Å². The van der Waals surface area contributed by atoms with Crippen molar-refractivity contribution in [1.29, 1.82) is 0 Å². The van der Waals surface area contributed by atoms with E-state index in [0.717, 1.165) is 45.4 Å². The summed E-state index contributed by atoms with van der Waals surface area (Å²) in [5, 5.41) is 0. The summed E-state index contributed by atoms with van der Waals surface area (Å²) in [6.45, 7) is 7.18. The Hall–Kier alpha value is -0.580. The molecule has 0 radical (unpaired) electrons. The highest BCUT2D eigenvalue weighted by Crippen LogP contribution is 2.27. The molecule has 1 saturated heterocycles. The lowest BCUT2D eigenvalue weighted by Gasteiger charge is -2.33. The van der Waals surface area contributed by atoms with Crippen LogP contribution in [0.4, 0.5) is 5.69 Å². The minimum atomic E-state index is 0.245. The summed E-state index contributed by atoms with van der Waals surface area (Å²) in [7, 11) is 0. The van der Waals surface area contributed by atoms with Gasteiger partial charge in [-0.2, -0.15) is 0 Å². The van der Waals surface area contributed by atoms with Crippen molar-refractivity contribution in [2.24, 2.45) is 5.73 Å². The quantitative estimate of drug-likeness (QED) is 0.845. The van der Waals surface area contributed by atoms with Crippen LogP contribution in [0.5, 0.6) is 0 Å². The zero-order valence-electron chi connectivity index (χ0n) is 13.1. The fourth-order valence-electron chi connectivity index (χ4n) is 2.84. The first-order valence-electron chi connectivity index (χ1n) is 8.04. The molecule has 0 saturated carbocycles. The maximum atomic E-state index is 6.05. The van der Waals surface area contributed by atoms with Crippen molar-refractivity contribution < 1.29 is 4.74 Å². The number of nitrogens with two attached hydrogens (primary N) is 1. The summed E-state index contributed by atoms with van der Waals surface area (Å²) in [4.78, 5) is 2.45. The van der Waals surface area contributed by atoms with Crippen molar-refractivity contribution in [3.63, 3.8) is 0 Å². The van der Waals surface area contributed by atoms with Crippen LogP contribution in [0, 0.1) is 0 Å². The summed E-state index contributed by atoms with van der Waals surface area (Å²) >= 11 is 3.70. The van der Waals surface area contributed by atoms with Gasteiger partial charge in [0.1, 0.15) is 0 Å². The summed E-state index contributed by atoms with van der Waals surface area (Å²) in [5.41, 5.74) is 8.65. The number of hydrogen-bond donors (Lipinski definition) is 1. The topological polar surface area (TPSA) is 38.5 Å². The van der Waals surface area contributed by atoms with Crippen molar-refractivity contribution in [3.8, 4) is 0 Å². The normalized spacial score (nSPS) is 18.0. The first kappa shape index (κ1) is 16.8. The third kappa shape index (κ3) is 4.70. The van der Waals surface area contributed by atoms with Crippen LogP contribution in [0.25, 0.3) is 0 Å². The Morgan fingerprint density at radius 3 is 2.62 bits per heavy atom. The largest absolute Gasteiger partial charge is 0.378 e. The highest BCUT2D eigenvalue weighted by Gasteiger charge is 2.20. The molecule has 0 spiro atoms. The molecule has 0 aliphatic carbocycles. The van der Waals surface area contributed by atoms with E-state index in [1.165, 1.54) is 15.7 Å². The number of hydrogen-bond acceptors (Lipinski definition) is 3. The van der Waals surface area contributed by atoms with Gasteiger partial charge in [0.2, 0.25) is 0 Å². The highest BCUT2D eigenvalue weighted by molar-refractivity contribution is 9.10. The molecule has 4 heteroatoms. The van der Waals surface area contributed by atoms with Crippen molar-refractivity contribution in [1.82, 2.24) is 0 Å². The Labute approximate surface area is 137 Å². The Morgan fingerprint density at radius 1 is 1.33 bits per heavy atom. The third-order valence-electron chi connectivity index (χ3n) is 4.25. The molecule has 1 unspecified atom stereocenters. The van der Waals surface area contributed by atoms with Gasteiger partial charge in [0.15, 0.2) is 0 Å². The van der Waals surface area contributed by atoms with Gasteiger partial charge in [-0.1, -0.05) is 28.9 Å². The third-order valence-corrected chi connectivity index (χ3v) is 4.99. The predicted octanol–water partition coefficient (Wildman–Crippen LogP) is 3.73. The number of piperidine rings is 1. The summed E-state index contributed by atoms with van der Waals surface area (Å²) in [6, 6.07) is 6.92. The van der Waals surface area contributed by atoms with Crippen LogP contribution < -0.4 is 10.6 Å². The van der Waals surface area contributed by atoms with Gasteiger partial charge in [0.25, 0.3) is 0 Å². The molecular formula is C17H27BrN2O. The standard InChI is InChI=1S/C17H27BrN2O/c1-3-14(19)11-13-5-6-15(12-17(13)18)20-9-7-16(8-10-20)21-4-2/h5-6,12,14,16H,3-4,7-11,19H2,1-2H3. The number of rotatable bonds is 6. The van der Waals surface area contributed by atoms with E-state index >= 15 is 0 Å². The summed E-state index contributed by atoms with van der Waals surface area (Å²) in [6.07, 6.45) is 4.63. The van der Waals surface area contributed by atoms with Gasteiger partial charge in [-0.25, -0.2) is 0 Å². The fourth-order valence-corrected chi connectivity index (χ4v) is 3.37. The first-order valence-corrected chi connectivity index (χ1v) is 8.83. The molecule has 118 valence electrons. The molecule has 1 heterocycles. The minimum absolute atomic E-state index is 0.245. The van der Waals surface area contributed by atoms with E-state index in [0.29, 0.717) is 6.10 Å². The maximum absolute atomic E-state index is 6.05. The van der Waals surface area contributed by atoms with Crippen LogP contribution in [-0.4, -0.2) is 31.8 Å². The number of anilines is 1. The summed E-state index contributed by atoms with van der Waals surface area (Å²) < 4.78 is 6.89. The number of halogens is 1. The van der Waals surface area contributed by atoms with Crippen LogP contribution in [-0.2, 0) is 11.2 Å². The zero-order valence-corrected chi connectivity index (χ0v) is 14.7. The van der Waals surface area contributed by atoms with E-state index in [4.69, 9.17) is 10.5 Å². The molecule has 0 amide bonds. The monoisotopic (exact) mass is 354 g/mol. The van der Waals surface area contributed by atoms with E-state index < -0.39 is 0 Å². The van der Waals surface area contributed by atoms with Crippen LogP contribution >= 0.6 is 15.9 Å². The SMILES string of the molecule is CCOC1CCN(c2ccc(CC(N)CC)c(Br)c2)CC1. The second-order valence-corrected chi connectivity index (χ2v) is 6.64. The van der Waals surface area contributed by atoms with Gasteiger partial charge < -0.3 is 15.4 Å². The second kappa shape index (κ2) is 8.16. The van der Waals surface area contributed by atoms with Gasteiger partial charge in [0.05, 0.1) is 6.10 Å². The molecule has 0 bridgehead atoms. The molecule has 0 aromatic heterocycles. The van der Waals surface area contributed by atoms with Crippen LogP contribution in [0.15, 0.2) is 22.7 Å². The van der Waals surface area contributed by atoms with Gasteiger partial charge in [-0.05, 0) is 50.3 Å². The molecule has 1 aromatic rings. The average molecular weight is 355 g/mol. The second-order valence-electron chi connectivity index (χ2n) is 5.79. The Bertz CT molecular complexity index is 444. The molecule has 1 aliphatic rings. The molecule has 1 aromatic carbocycles. The van der Waals surface area contributed by atoms with Gasteiger partial charge in [-0.15, -0.1) is 0 Å². The van der Waals surface area contributed by atoms with Crippen molar-refractivity contribution in [2.75, 3.05) is 24.6 Å². The van der Waals surface area contributed by atoms with E-state index in [1.54, 1.807) is 0 Å². The molecule has 21 heavy (non-hydrogen) atoms. The Morgan fingerprint density at radius 2 is 2.05 bits per heavy atom. The lowest BCUT2D eigenvalue weighted by molar-refractivity contribution is 0.0459. The van der Waals surface area contributed by atoms with E-state index in [2.05, 4.69) is 52.9 Å². The lowest BCUT2D eigenvalue weighted by Crippen LogP contribution is -2.37. The van der Waals surface area contributed by atoms with Crippen LogP contribution in [0.1, 0.15) is 38.7 Å². The molecule has 1 fully saturated rings. The summed E-state index contributed by atoms with van der Waals surface area (Å²) in [5.74, 6) is 0. The minimum Gasteiger partial charge on any atom is -0.378 e. The van der Waals surface area contributed by atoms with Crippen molar-refractivity contribution >= 4 is 21.6 Å². The molecule has 2 N–H and O–H groups in total. The molecule has 2 rings (SSSR count). The van der Waals surface area contributed by atoms with Gasteiger partial charge in [-0.3, -0.25) is 0 Å². The number of benzene rings is 1.